The highest BCUT2D eigenvalue weighted by Gasteiger charge is 2.08. The van der Waals surface area contributed by atoms with Crippen LogP contribution in [0.5, 0.6) is 0 Å². The minimum atomic E-state index is 0.299. The molecule has 0 amide bonds. The second kappa shape index (κ2) is 4.83. The molecule has 0 radical (unpaired) electrons. The van der Waals surface area contributed by atoms with E-state index in [2.05, 4.69) is 29.1 Å². The summed E-state index contributed by atoms with van der Waals surface area (Å²) in [7, 11) is 0. The SMILES string of the molecule is Cc1cnc(C(C)NCc2nccs2)s1. The highest BCUT2D eigenvalue weighted by molar-refractivity contribution is 7.11. The van der Waals surface area contributed by atoms with E-state index in [0.29, 0.717) is 6.04 Å². The van der Waals surface area contributed by atoms with Gasteiger partial charge in [-0.2, -0.15) is 0 Å². The minimum absolute atomic E-state index is 0.299. The van der Waals surface area contributed by atoms with Crippen molar-refractivity contribution in [1.82, 2.24) is 15.3 Å². The highest BCUT2D eigenvalue weighted by atomic mass is 32.1. The van der Waals surface area contributed by atoms with E-state index in [1.54, 1.807) is 22.7 Å². The first kappa shape index (κ1) is 10.7. The van der Waals surface area contributed by atoms with Crippen molar-refractivity contribution in [2.24, 2.45) is 0 Å². The molecule has 0 bridgehead atoms. The normalized spacial score (nSPS) is 12.9. The molecule has 0 saturated heterocycles. The predicted molar refractivity (Wildman–Crippen MR) is 64.2 cm³/mol. The van der Waals surface area contributed by atoms with Crippen molar-refractivity contribution < 1.29 is 0 Å². The zero-order valence-corrected chi connectivity index (χ0v) is 10.4. The molecule has 0 spiro atoms. The third kappa shape index (κ3) is 2.84. The number of nitrogens with one attached hydrogen (secondary N) is 1. The number of rotatable bonds is 4. The van der Waals surface area contributed by atoms with Gasteiger partial charge in [0.15, 0.2) is 0 Å². The number of aromatic nitrogens is 2. The maximum absolute atomic E-state index is 4.35. The lowest BCUT2D eigenvalue weighted by Gasteiger charge is -2.08. The van der Waals surface area contributed by atoms with Gasteiger partial charge in [-0.1, -0.05) is 0 Å². The minimum Gasteiger partial charge on any atom is -0.302 e. The second-order valence-electron chi connectivity index (χ2n) is 3.34. The number of nitrogens with zero attached hydrogens (tertiary/aromatic N) is 2. The van der Waals surface area contributed by atoms with Crippen molar-refractivity contribution in [3.8, 4) is 0 Å². The molecular formula is C10H13N3S2. The molecule has 0 saturated carbocycles. The Morgan fingerprint density at radius 2 is 2.33 bits per heavy atom. The number of hydrogen-bond donors (Lipinski definition) is 1. The summed E-state index contributed by atoms with van der Waals surface area (Å²) >= 11 is 3.42. The van der Waals surface area contributed by atoms with E-state index in [0.717, 1.165) is 16.6 Å². The number of aryl methyl sites for hydroxylation is 1. The van der Waals surface area contributed by atoms with E-state index in [9.17, 15) is 0 Å². The van der Waals surface area contributed by atoms with Crippen LogP contribution in [0.4, 0.5) is 0 Å². The Morgan fingerprint density at radius 1 is 1.47 bits per heavy atom. The van der Waals surface area contributed by atoms with Crippen LogP contribution in [0.15, 0.2) is 17.8 Å². The summed E-state index contributed by atoms with van der Waals surface area (Å²) in [4.78, 5) is 9.84. The molecule has 1 atom stereocenters. The fourth-order valence-corrected chi connectivity index (χ4v) is 2.61. The lowest BCUT2D eigenvalue weighted by atomic mass is 10.3. The molecule has 5 heteroatoms. The van der Waals surface area contributed by atoms with Gasteiger partial charge in [0.05, 0.1) is 6.04 Å². The topological polar surface area (TPSA) is 37.8 Å². The molecule has 0 aliphatic rings. The molecule has 2 rings (SSSR count). The summed E-state index contributed by atoms with van der Waals surface area (Å²) in [5, 5.41) is 7.67. The average Bonchev–Trinajstić information content (AvgIpc) is 2.84. The van der Waals surface area contributed by atoms with Crippen LogP contribution < -0.4 is 5.32 Å². The third-order valence-corrected chi connectivity index (χ3v) is 3.93. The molecular weight excluding hydrogens is 226 g/mol. The summed E-state index contributed by atoms with van der Waals surface area (Å²) in [5.74, 6) is 0. The molecule has 1 N–H and O–H groups in total. The first-order valence-corrected chi connectivity index (χ1v) is 6.49. The Bertz CT molecular complexity index is 408. The summed E-state index contributed by atoms with van der Waals surface area (Å²) in [6, 6.07) is 0.299. The summed E-state index contributed by atoms with van der Waals surface area (Å²) < 4.78 is 0. The van der Waals surface area contributed by atoms with Crippen LogP contribution in [0.1, 0.15) is 27.9 Å². The number of thiazole rings is 2. The Labute approximate surface area is 97.2 Å². The Kier molecular flexibility index (Phi) is 3.45. The lowest BCUT2D eigenvalue weighted by Crippen LogP contribution is -2.17. The van der Waals surface area contributed by atoms with Crippen molar-refractivity contribution in [2.75, 3.05) is 0 Å². The summed E-state index contributed by atoms with van der Waals surface area (Å²) in [6.07, 6.45) is 3.75. The quantitative estimate of drug-likeness (QED) is 0.891. The molecule has 0 aromatic carbocycles. The van der Waals surface area contributed by atoms with Crippen LogP contribution >= 0.6 is 22.7 Å². The molecule has 0 aliphatic heterocycles. The fraction of sp³-hybridized carbons (Fsp3) is 0.400. The van der Waals surface area contributed by atoms with E-state index in [4.69, 9.17) is 0 Å². The maximum atomic E-state index is 4.35. The van der Waals surface area contributed by atoms with Crippen LogP contribution in [0.25, 0.3) is 0 Å². The van der Waals surface area contributed by atoms with Crippen molar-refractivity contribution in [2.45, 2.75) is 26.4 Å². The van der Waals surface area contributed by atoms with Gasteiger partial charge in [0.1, 0.15) is 10.0 Å². The van der Waals surface area contributed by atoms with Gasteiger partial charge < -0.3 is 5.32 Å². The van der Waals surface area contributed by atoms with E-state index in [-0.39, 0.29) is 0 Å². The molecule has 80 valence electrons. The van der Waals surface area contributed by atoms with Gasteiger partial charge in [-0.05, 0) is 13.8 Å². The summed E-state index contributed by atoms with van der Waals surface area (Å²) in [6.45, 7) is 5.03. The first-order chi connectivity index (χ1) is 7.25. The van der Waals surface area contributed by atoms with Crippen LogP contribution in [0.3, 0.4) is 0 Å². The molecule has 2 aromatic rings. The van der Waals surface area contributed by atoms with Crippen molar-refractivity contribution in [3.05, 3.63) is 32.7 Å². The molecule has 2 aromatic heterocycles. The fourth-order valence-electron chi connectivity index (χ4n) is 1.24. The van der Waals surface area contributed by atoms with Gasteiger partial charge in [-0.3, -0.25) is 0 Å². The van der Waals surface area contributed by atoms with E-state index >= 15 is 0 Å². The van der Waals surface area contributed by atoms with Gasteiger partial charge in [0.2, 0.25) is 0 Å². The van der Waals surface area contributed by atoms with Gasteiger partial charge >= 0.3 is 0 Å². The van der Waals surface area contributed by atoms with Crippen LogP contribution in [-0.4, -0.2) is 9.97 Å². The first-order valence-electron chi connectivity index (χ1n) is 4.80. The van der Waals surface area contributed by atoms with Gasteiger partial charge in [-0.15, -0.1) is 22.7 Å². The standard InChI is InChI=1S/C10H13N3S2/c1-7-5-13-10(15-7)8(2)12-6-9-11-3-4-14-9/h3-5,8,12H,6H2,1-2H3. The van der Waals surface area contributed by atoms with Gasteiger partial charge in [-0.25, -0.2) is 9.97 Å². The maximum Gasteiger partial charge on any atom is 0.109 e. The molecule has 1 unspecified atom stereocenters. The zero-order chi connectivity index (χ0) is 10.7. The van der Waals surface area contributed by atoms with Gasteiger partial charge in [0.25, 0.3) is 0 Å². The average molecular weight is 239 g/mol. The van der Waals surface area contributed by atoms with E-state index in [1.165, 1.54) is 4.88 Å². The van der Waals surface area contributed by atoms with Crippen LogP contribution in [-0.2, 0) is 6.54 Å². The van der Waals surface area contributed by atoms with Crippen molar-refractivity contribution in [3.63, 3.8) is 0 Å². The van der Waals surface area contributed by atoms with Crippen LogP contribution in [0.2, 0.25) is 0 Å². The Hall–Kier alpha value is -0.780. The molecule has 2 heterocycles. The molecule has 15 heavy (non-hydrogen) atoms. The summed E-state index contributed by atoms with van der Waals surface area (Å²) in [5.41, 5.74) is 0. The zero-order valence-electron chi connectivity index (χ0n) is 8.73. The van der Waals surface area contributed by atoms with E-state index in [1.807, 2.05) is 17.8 Å². The molecule has 3 nitrogen and oxygen atoms in total. The molecule has 0 fully saturated rings. The van der Waals surface area contributed by atoms with Crippen molar-refractivity contribution >= 4 is 22.7 Å². The van der Waals surface area contributed by atoms with Crippen LogP contribution in [0, 0.1) is 6.92 Å². The van der Waals surface area contributed by atoms with E-state index < -0.39 is 0 Å². The lowest BCUT2D eigenvalue weighted by molar-refractivity contribution is 0.570. The predicted octanol–water partition coefficient (Wildman–Crippen LogP) is 2.76. The largest absolute Gasteiger partial charge is 0.302 e. The number of hydrogen-bond acceptors (Lipinski definition) is 5. The third-order valence-electron chi connectivity index (χ3n) is 2.05. The Balaban J connectivity index is 1.90. The van der Waals surface area contributed by atoms with Crippen molar-refractivity contribution in [1.29, 1.82) is 0 Å². The highest BCUT2D eigenvalue weighted by Crippen LogP contribution is 2.19. The second-order valence-corrected chi connectivity index (χ2v) is 5.58. The Morgan fingerprint density at radius 3 is 2.93 bits per heavy atom. The van der Waals surface area contributed by atoms with Gasteiger partial charge in [0, 0.05) is 29.2 Å². The monoisotopic (exact) mass is 239 g/mol. The molecule has 0 aliphatic carbocycles. The smallest absolute Gasteiger partial charge is 0.109 e.